The van der Waals surface area contributed by atoms with Gasteiger partial charge in [-0.3, -0.25) is 14.4 Å². The Morgan fingerprint density at radius 1 is 1.23 bits per heavy atom. The van der Waals surface area contributed by atoms with Crippen LogP contribution < -0.4 is 10.6 Å². The van der Waals surface area contributed by atoms with Gasteiger partial charge in [0.1, 0.15) is 18.3 Å². The van der Waals surface area contributed by atoms with Crippen molar-refractivity contribution in [1.29, 1.82) is 0 Å². The molecule has 1 aromatic heterocycles. The van der Waals surface area contributed by atoms with Gasteiger partial charge >= 0.3 is 0 Å². The molecular weight excluding hydrogens is 394 g/mol. The summed E-state index contributed by atoms with van der Waals surface area (Å²) in [6, 6.07) is 8.91. The van der Waals surface area contributed by atoms with Gasteiger partial charge in [-0.15, -0.1) is 0 Å². The molecule has 1 saturated carbocycles. The lowest BCUT2D eigenvalue weighted by atomic mass is 10.1. The number of Topliss-reactive ketones (excluding diaryl/α,β-unsaturated/α-hetero) is 1. The highest BCUT2D eigenvalue weighted by atomic mass is 16.5. The Hall–Kier alpha value is -2.67. The van der Waals surface area contributed by atoms with Gasteiger partial charge in [-0.25, -0.2) is 0 Å². The molecule has 1 aliphatic carbocycles. The van der Waals surface area contributed by atoms with Crippen LogP contribution >= 0.6 is 0 Å². The largest absolute Gasteiger partial charge is 0.368 e. The Morgan fingerprint density at radius 3 is 2.71 bits per heavy atom. The first-order valence-corrected chi connectivity index (χ1v) is 11.2. The maximum Gasteiger partial charge on any atom is 0.268 e. The number of unbranched alkanes of at least 4 members (excludes halogenated alkanes) is 1. The molecule has 0 radical (unpaired) electrons. The van der Waals surface area contributed by atoms with Gasteiger partial charge in [0, 0.05) is 18.0 Å². The van der Waals surface area contributed by atoms with E-state index in [2.05, 4.69) is 17.6 Å². The van der Waals surface area contributed by atoms with Crippen molar-refractivity contribution < 1.29 is 19.1 Å². The maximum atomic E-state index is 13.1. The highest BCUT2D eigenvalue weighted by Gasteiger charge is 2.32. The molecule has 31 heavy (non-hydrogen) atoms. The second-order valence-electron chi connectivity index (χ2n) is 8.41. The first-order chi connectivity index (χ1) is 14.9. The number of fused-ring (bicyclic) bond motifs is 1. The molecule has 2 N–H and O–H groups in total. The molecule has 1 fully saturated rings. The maximum absolute atomic E-state index is 13.1. The zero-order chi connectivity index (χ0) is 22.4. The highest BCUT2D eigenvalue weighted by Crippen LogP contribution is 2.23. The number of carbonyl (C=O) groups excluding carboxylic acids is 3. The number of nitrogens with one attached hydrogen (secondary N) is 2. The number of benzene rings is 1. The highest BCUT2D eigenvalue weighted by molar-refractivity contribution is 6.00. The van der Waals surface area contributed by atoms with Crippen molar-refractivity contribution in [3.05, 3.63) is 36.0 Å². The molecule has 2 aromatic rings. The lowest BCUT2D eigenvalue weighted by Crippen LogP contribution is -2.51. The fraction of sp³-hybridized carbons (Fsp3) is 0.542. The second-order valence-corrected chi connectivity index (χ2v) is 8.41. The molecule has 1 aliphatic rings. The first-order valence-electron chi connectivity index (χ1n) is 11.2. The van der Waals surface area contributed by atoms with E-state index in [1.165, 1.54) is 6.92 Å². The van der Waals surface area contributed by atoms with Crippen molar-refractivity contribution in [2.75, 3.05) is 6.61 Å². The van der Waals surface area contributed by atoms with Crippen LogP contribution in [-0.2, 0) is 21.4 Å². The summed E-state index contributed by atoms with van der Waals surface area (Å²) >= 11 is 0. The molecule has 1 heterocycles. The Morgan fingerprint density at radius 2 is 2.00 bits per heavy atom. The summed E-state index contributed by atoms with van der Waals surface area (Å²) in [4.78, 5) is 37.3. The van der Waals surface area contributed by atoms with Gasteiger partial charge in [0.15, 0.2) is 5.78 Å². The zero-order valence-electron chi connectivity index (χ0n) is 18.6. The number of ether oxygens (including phenoxy) is 1. The lowest BCUT2D eigenvalue weighted by Gasteiger charge is -2.25. The smallest absolute Gasteiger partial charge is 0.268 e. The van der Waals surface area contributed by atoms with E-state index >= 15 is 0 Å². The summed E-state index contributed by atoms with van der Waals surface area (Å²) in [6.07, 6.45) is 4.75. The second kappa shape index (κ2) is 10.6. The number of carbonyl (C=O) groups is 3. The number of aryl methyl sites for hydroxylation is 1. The summed E-state index contributed by atoms with van der Waals surface area (Å²) in [5.74, 6) is -0.477. The molecule has 7 nitrogen and oxygen atoms in total. The quantitative estimate of drug-likeness (QED) is 0.610. The van der Waals surface area contributed by atoms with Crippen molar-refractivity contribution >= 4 is 28.5 Å². The monoisotopic (exact) mass is 427 g/mol. The van der Waals surface area contributed by atoms with Gasteiger partial charge in [0.05, 0.1) is 12.1 Å². The topological polar surface area (TPSA) is 89.4 Å². The van der Waals surface area contributed by atoms with E-state index in [0.717, 1.165) is 43.0 Å². The number of nitrogens with zero attached hydrogens (tertiary/aromatic N) is 1. The van der Waals surface area contributed by atoms with Crippen molar-refractivity contribution in [3.8, 4) is 0 Å². The molecule has 3 rings (SSSR count). The molecule has 7 heteroatoms. The summed E-state index contributed by atoms with van der Waals surface area (Å²) in [5.41, 5.74) is 1.50. The van der Waals surface area contributed by atoms with E-state index in [0.29, 0.717) is 12.1 Å². The molecule has 2 amide bonds. The molecule has 3 atom stereocenters. The summed E-state index contributed by atoms with van der Waals surface area (Å²) < 4.78 is 7.53. The van der Waals surface area contributed by atoms with Gasteiger partial charge in [-0.2, -0.15) is 0 Å². The normalized spacial score (nSPS) is 19.3. The molecule has 0 spiro atoms. The van der Waals surface area contributed by atoms with Crippen LogP contribution in [0.25, 0.3) is 10.9 Å². The number of aromatic nitrogens is 1. The molecular formula is C24H33N3O4. The Bertz CT molecular complexity index is 936. The molecule has 168 valence electrons. The van der Waals surface area contributed by atoms with Crippen LogP contribution in [0.5, 0.6) is 0 Å². The average Bonchev–Trinajstić information content (AvgIpc) is 3.33. The van der Waals surface area contributed by atoms with Gasteiger partial charge in [-0.05, 0) is 44.7 Å². The third-order valence-corrected chi connectivity index (χ3v) is 5.93. The van der Waals surface area contributed by atoms with Gasteiger partial charge in [-0.1, -0.05) is 38.0 Å². The minimum absolute atomic E-state index is 0.0278. The van der Waals surface area contributed by atoms with Gasteiger partial charge in [0.25, 0.3) is 5.91 Å². The average molecular weight is 428 g/mol. The number of hydrogen-bond donors (Lipinski definition) is 2. The van der Waals surface area contributed by atoms with E-state index < -0.39 is 6.04 Å². The Labute approximate surface area is 183 Å². The molecule has 0 saturated heterocycles. The van der Waals surface area contributed by atoms with Crippen LogP contribution in [0, 0.1) is 0 Å². The van der Waals surface area contributed by atoms with Crippen LogP contribution in [0.2, 0.25) is 0 Å². The Kier molecular flexibility index (Phi) is 7.85. The summed E-state index contributed by atoms with van der Waals surface area (Å²) in [5, 5.41) is 6.99. The van der Waals surface area contributed by atoms with Gasteiger partial charge in [0.2, 0.25) is 5.91 Å². The van der Waals surface area contributed by atoms with Crippen LogP contribution in [0.3, 0.4) is 0 Å². The van der Waals surface area contributed by atoms with Gasteiger partial charge < -0.3 is 19.9 Å². The van der Waals surface area contributed by atoms with Crippen molar-refractivity contribution in [1.82, 2.24) is 15.2 Å². The zero-order valence-corrected chi connectivity index (χ0v) is 18.6. The number of para-hydroxylation sites is 1. The first kappa shape index (κ1) is 23.0. The number of amides is 2. The lowest BCUT2D eigenvalue weighted by molar-refractivity contribution is -0.126. The van der Waals surface area contributed by atoms with E-state index in [1.807, 2.05) is 41.9 Å². The van der Waals surface area contributed by atoms with Crippen LogP contribution in [-0.4, -0.2) is 47.0 Å². The minimum Gasteiger partial charge on any atom is -0.368 e. The molecule has 1 aromatic carbocycles. The van der Waals surface area contributed by atoms with E-state index in [1.54, 1.807) is 0 Å². The summed E-state index contributed by atoms with van der Waals surface area (Å²) in [7, 11) is 1.86. The molecule has 0 unspecified atom stereocenters. The fourth-order valence-corrected chi connectivity index (χ4v) is 4.21. The predicted molar refractivity (Wildman–Crippen MR) is 120 cm³/mol. The fourth-order valence-electron chi connectivity index (χ4n) is 4.21. The number of hydrogen-bond acceptors (Lipinski definition) is 4. The van der Waals surface area contributed by atoms with Crippen molar-refractivity contribution in [3.63, 3.8) is 0 Å². The van der Waals surface area contributed by atoms with E-state index in [9.17, 15) is 14.4 Å². The van der Waals surface area contributed by atoms with Crippen molar-refractivity contribution in [2.45, 2.75) is 70.6 Å². The standard InChI is InChI=1S/C24H33N3O4/c1-4-5-10-19(23(29)25-18-11-8-13-22(18)31-15-16(2)28)26-24(30)21-14-17-9-6-7-12-20(17)27(21)3/h6-7,9,12,14,18-19,22H,4-5,8,10-11,13,15H2,1-3H3,(H,25,29)(H,26,30)/t18-,19-,22-/m0/s1. The van der Waals surface area contributed by atoms with E-state index in [-0.39, 0.29) is 36.4 Å². The minimum atomic E-state index is -0.612. The van der Waals surface area contributed by atoms with E-state index in [4.69, 9.17) is 4.74 Å². The van der Waals surface area contributed by atoms with Crippen LogP contribution in [0.4, 0.5) is 0 Å². The SMILES string of the molecule is CCCC[C@H](NC(=O)c1cc2ccccc2n1C)C(=O)N[C@H]1CCC[C@@H]1OCC(C)=O. The third kappa shape index (κ3) is 5.73. The van der Waals surface area contributed by atoms with Crippen LogP contribution in [0.15, 0.2) is 30.3 Å². The number of ketones is 1. The third-order valence-electron chi connectivity index (χ3n) is 5.93. The molecule has 0 bridgehead atoms. The number of rotatable bonds is 10. The Balaban J connectivity index is 1.68. The summed E-state index contributed by atoms with van der Waals surface area (Å²) in [6.45, 7) is 3.61. The van der Waals surface area contributed by atoms with Crippen molar-refractivity contribution in [2.24, 2.45) is 7.05 Å². The van der Waals surface area contributed by atoms with Crippen LogP contribution in [0.1, 0.15) is 62.9 Å². The molecule has 0 aliphatic heterocycles. The predicted octanol–water partition coefficient (Wildman–Crippen LogP) is 3.11.